The van der Waals surface area contributed by atoms with Crippen LogP contribution in [-0.2, 0) is 10.8 Å². The molecule has 0 saturated carbocycles. The maximum absolute atomic E-state index is 6.36. The zero-order valence-electron chi connectivity index (χ0n) is 17.5. The van der Waals surface area contributed by atoms with E-state index in [9.17, 15) is 0 Å². The van der Waals surface area contributed by atoms with Crippen LogP contribution in [-0.4, -0.2) is 25.9 Å². The summed E-state index contributed by atoms with van der Waals surface area (Å²) in [7, 11) is 0. The molecule has 2 aliphatic rings. The molecule has 0 aromatic heterocycles. The first-order chi connectivity index (χ1) is 13.2. The van der Waals surface area contributed by atoms with Gasteiger partial charge in [-0.25, -0.2) is 0 Å². The van der Waals surface area contributed by atoms with Crippen LogP contribution in [0.1, 0.15) is 52.2 Å². The van der Waals surface area contributed by atoms with Gasteiger partial charge in [0.05, 0.1) is 0 Å². The third-order valence-electron chi connectivity index (χ3n) is 5.56. The molecule has 2 aromatic carbocycles. The van der Waals surface area contributed by atoms with Gasteiger partial charge < -0.3 is 18.9 Å². The van der Waals surface area contributed by atoms with Crippen molar-refractivity contribution in [2.24, 2.45) is 0 Å². The topological polar surface area (TPSA) is 36.9 Å². The molecule has 2 aliphatic heterocycles. The number of rotatable bonds is 3. The lowest BCUT2D eigenvalue weighted by Crippen LogP contribution is -2.36. The van der Waals surface area contributed by atoms with Crippen LogP contribution in [0.25, 0.3) is 0 Å². The second-order valence-corrected chi connectivity index (χ2v) is 9.38. The first kappa shape index (κ1) is 19.0. The van der Waals surface area contributed by atoms with Gasteiger partial charge in [-0.05, 0) is 41.0 Å². The van der Waals surface area contributed by atoms with Crippen LogP contribution in [0.15, 0.2) is 36.4 Å². The molecule has 0 radical (unpaired) electrons. The van der Waals surface area contributed by atoms with Crippen molar-refractivity contribution in [3.63, 3.8) is 0 Å². The highest BCUT2D eigenvalue weighted by Crippen LogP contribution is 2.43. The third-order valence-corrected chi connectivity index (χ3v) is 5.56. The zero-order valence-corrected chi connectivity index (χ0v) is 17.5. The molecule has 0 saturated heterocycles. The number of hydrogen-bond donors (Lipinski definition) is 0. The Hall–Kier alpha value is -2.36. The summed E-state index contributed by atoms with van der Waals surface area (Å²) < 4.78 is 24.0. The molecule has 0 spiro atoms. The normalized spacial score (nSPS) is 18.7. The Morgan fingerprint density at radius 2 is 1.61 bits per heavy atom. The molecule has 2 aromatic rings. The molecule has 28 heavy (non-hydrogen) atoms. The van der Waals surface area contributed by atoms with Gasteiger partial charge >= 0.3 is 0 Å². The lowest BCUT2D eigenvalue weighted by atomic mass is 9.79. The second kappa shape index (κ2) is 6.91. The van der Waals surface area contributed by atoms with Crippen molar-refractivity contribution in [3.8, 4) is 23.0 Å². The Kier molecular flexibility index (Phi) is 4.68. The summed E-state index contributed by atoms with van der Waals surface area (Å²) in [5.41, 5.74) is 2.35. The maximum atomic E-state index is 6.36. The molecule has 0 aliphatic carbocycles. The smallest absolute Gasteiger partial charge is 0.165 e. The summed E-state index contributed by atoms with van der Waals surface area (Å²) >= 11 is 0. The van der Waals surface area contributed by atoms with Crippen LogP contribution in [0.4, 0.5) is 0 Å². The van der Waals surface area contributed by atoms with Crippen molar-refractivity contribution in [1.82, 2.24) is 0 Å². The number of fused-ring (bicyclic) bond motifs is 2. The molecule has 0 bridgehead atoms. The molecule has 150 valence electrons. The Morgan fingerprint density at radius 3 is 2.36 bits per heavy atom. The van der Waals surface area contributed by atoms with Gasteiger partial charge in [-0.1, -0.05) is 52.8 Å². The van der Waals surface area contributed by atoms with Gasteiger partial charge in [0.1, 0.15) is 25.9 Å². The predicted octanol–water partition coefficient (Wildman–Crippen LogP) is 5.26. The fourth-order valence-corrected chi connectivity index (χ4v) is 3.99. The molecule has 0 N–H and O–H groups in total. The quantitative estimate of drug-likeness (QED) is 0.725. The Morgan fingerprint density at radius 1 is 0.857 bits per heavy atom. The zero-order chi connectivity index (χ0) is 19.9. The minimum atomic E-state index is -0.0804. The SMILES string of the molecule is CC(C)(C)c1cccc2c1OCC(CC(C)(C)c1ccc3c(c1)OCCO3)O2. The van der Waals surface area contributed by atoms with E-state index in [4.69, 9.17) is 18.9 Å². The maximum Gasteiger partial charge on any atom is 0.165 e. The molecule has 4 rings (SSSR count). The minimum absolute atomic E-state index is 0.00548. The van der Waals surface area contributed by atoms with Crippen LogP contribution in [0.3, 0.4) is 0 Å². The number of benzene rings is 2. The molecule has 2 heterocycles. The molecular formula is C24H30O4. The largest absolute Gasteiger partial charge is 0.486 e. The van der Waals surface area contributed by atoms with Crippen LogP contribution in [0.2, 0.25) is 0 Å². The lowest BCUT2D eigenvalue weighted by molar-refractivity contribution is 0.0684. The summed E-state index contributed by atoms with van der Waals surface area (Å²) in [5.74, 6) is 3.40. The van der Waals surface area contributed by atoms with Crippen molar-refractivity contribution in [1.29, 1.82) is 0 Å². The monoisotopic (exact) mass is 382 g/mol. The average molecular weight is 383 g/mol. The average Bonchev–Trinajstić information content (AvgIpc) is 2.66. The molecule has 0 fully saturated rings. The van der Waals surface area contributed by atoms with Crippen LogP contribution >= 0.6 is 0 Å². The van der Waals surface area contributed by atoms with E-state index in [-0.39, 0.29) is 16.9 Å². The van der Waals surface area contributed by atoms with E-state index < -0.39 is 0 Å². The van der Waals surface area contributed by atoms with Crippen molar-refractivity contribution in [2.75, 3.05) is 19.8 Å². The molecule has 1 atom stereocenters. The Bertz CT molecular complexity index is 863. The Labute approximate surface area is 167 Å². The third kappa shape index (κ3) is 3.65. The van der Waals surface area contributed by atoms with Crippen LogP contribution in [0, 0.1) is 0 Å². The molecule has 1 unspecified atom stereocenters. The molecule has 4 heteroatoms. The van der Waals surface area contributed by atoms with Crippen LogP contribution in [0.5, 0.6) is 23.0 Å². The first-order valence-corrected chi connectivity index (χ1v) is 10.1. The first-order valence-electron chi connectivity index (χ1n) is 10.1. The van der Waals surface area contributed by atoms with E-state index >= 15 is 0 Å². The van der Waals surface area contributed by atoms with Gasteiger partial charge in [0.2, 0.25) is 0 Å². The summed E-state index contributed by atoms with van der Waals surface area (Å²) in [4.78, 5) is 0. The van der Waals surface area contributed by atoms with E-state index in [0.717, 1.165) is 29.4 Å². The lowest BCUT2D eigenvalue weighted by Gasteiger charge is -2.35. The van der Waals surface area contributed by atoms with Crippen molar-refractivity contribution in [2.45, 2.75) is 58.0 Å². The van der Waals surface area contributed by atoms with Gasteiger partial charge in [0.15, 0.2) is 23.0 Å². The highest BCUT2D eigenvalue weighted by atomic mass is 16.6. The fourth-order valence-electron chi connectivity index (χ4n) is 3.99. The molecule has 0 amide bonds. The number of para-hydroxylation sites is 1. The second-order valence-electron chi connectivity index (χ2n) is 9.38. The van der Waals surface area contributed by atoms with Gasteiger partial charge in [-0.2, -0.15) is 0 Å². The van der Waals surface area contributed by atoms with E-state index in [1.165, 1.54) is 11.1 Å². The number of hydrogen-bond acceptors (Lipinski definition) is 4. The predicted molar refractivity (Wildman–Crippen MR) is 110 cm³/mol. The number of ether oxygens (including phenoxy) is 4. The molecular weight excluding hydrogens is 352 g/mol. The van der Waals surface area contributed by atoms with Crippen molar-refractivity contribution in [3.05, 3.63) is 47.5 Å². The van der Waals surface area contributed by atoms with E-state index in [0.29, 0.717) is 19.8 Å². The van der Waals surface area contributed by atoms with Gasteiger partial charge in [0, 0.05) is 5.56 Å². The van der Waals surface area contributed by atoms with Gasteiger partial charge in [-0.3, -0.25) is 0 Å². The Balaban J connectivity index is 1.52. The van der Waals surface area contributed by atoms with E-state index in [2.05, 4.69) is 58.9 Å². The van der Waals surface area contributed by atoms with E-state index in [1.807, 2.05) is 12.1 Å². The minimum Gasteiger partial charge on any atom is -0.486 e. The highest BCUT2D eigenvalue weighted by molar-refractivity contribution is 5.50. The fraction of sp³-hybridized carbons (Fsp3) is 0.500. The molecule has 4 nitrogen and oxygen atoms in total. The summed E-state index contributed by atoms with van der Waals surface area (Å²) in [6.45, 7) is 12.8. The summed E-state index contributed by atoms with van der Waals surface area (Å²) in [6, 6.07) is 12.4. The van der Waals surface area contributed by atoms with Crippen molar-refractivity contribution >= 4 is 0 Å². The highest BCUT2D eigenvalue weighted by Gasteiger charge is 2.33. The summed E-state index contributed by atoms with van der Waals surface area (Å²) in [5, 5.41) is 0. The van der Waals surface area contributed by atoms with Gasteiger partial charge in [-0.15, -0.1) is 0 Å². The van der Waals surface area contributed by atoms with Gasteiger partial charge in [0.25, 0.3) is 0 Å². The van der Waals surface area contributed by atoms with Crippen LogP contribution < -0.4 is 18.9 Å². The van der Waals surface area contributed by atoms with Crippen molar-refractivity contribution < 1.29 is 18.9 Å². The summed E-state index contributed by atoms with van der Waals surface area (Å²) in [6.07, 6.45) is 0.858. The standard InChI is InChI=1S/C24H30O4/c1-23(2,3)18-7-6-8-20-22(18)27-15-17(28-20)14-24(4,5)16-9-10-19-21(13-16)26-12-11-25-19/h6-10,13,17H,11-12,14-15H2,1-5H3. The van der Waals surface area contributed by atoms with E-state index in [1.54, 1.807) is 0 Å².